The number of aliphatic hydroxyl groups is 8. The largest absolute Gasteiger partial charge is 0.394 e. The van der Waals surface area contributed by atoms with Gasteiger partial charge in [-0.25, -0.2) is 0 Å². The number of ether oxygens (including phenoxy) is 4. The van der Waals surface area contributed by atoms with Crippen LogP contribution in [-0.4, -0.2) is 140 Å². The number of hydrogen-bond donors (Lipinski definition) is 9. The molecule has 2 aliphatic heterocycles. The van der Waals surface area contributed by atoms with Gasteiger partial charge in [-0.2, -0.15) is 0 Å². The monoisotopic (exact) mass is 856 g/mol. The van der Waals surface area contributed by atoms with Crippen LogP contribution in [-0.2, 0) is 23.7 Å². The molecule has 0 aromatic heterocycles. The standard InChI is InChI=1S/C46H81NO13/c1-3-5-7-9-11-13-15-17-19-21-23-25-27-29-35(50)34(47-38(51)30-28-26-24-22-20-18-16-14-12-10-8-6-4-2)33-57-45-43(56)41(54)44(37(32-49)59-45)60-46-42(55)40(53)39(52)36(31-48)58-46/h6,8,12,14,18,20,27,29,34-37,39-46,48-50,52-56H,3-5,7,9-11,13,15-17,19,21-26,28,30-33H2,1-2H3,(H,47,51)/b8-6-,14-12-,20-18-,29-27+. The highest BCUT2D eigenvalue weighted by molar-refractivity contribution is 5.76. The zero-order valence-electron chi connectivity index (χ0n) is 36.4. The highest BCUT2D eigenvalue weighted by Gasteiger charge is 2.50. The first-order chi connectivity index (χ1) is 29.1. The fourth-order valence-corrected chi connectivity index (χ4v) is 7.24. The minimum Gasteiger partial charge on any atom is -0.394 e. The summed E-state index contributed by atoms with van der Waals surface area (Å²) in [6.07, 6.45) is 20.2. The number of hydrogen-bond acceptors (Lipinski definition) is 13. The van der Waals surface area contributed by atoms with Gasteiger partial charge in [0.2, 0.25) is 5.91 Å². The van der Waals surface area contributed by atoms with Crippen LogP contribution in [0.1, 0.15) is 142 Å². The maximum atomic E-state index is 13.1. The summed E-state index contributed by atoms with van der Waals surface area (Å²) in [5, 5.41) is 86.4. The Bertz CT molecular complexity index is 1200. The van der Waals surface area contributed by atoms with Crippen LogP contribution in [0.3, 0.4) is 0 Å². The average molecular weight is 856 g/mol. The molecule has 2 heterocycles. The van der Waals surface area contributed by atoms with E-state index in [-0.39, 0.29) is 18.9 Å². The van der Waals surface area contributed by atoms with Crippen molar-refractivity contribution < 1.29 is 64.6 Å². The Morgan fingerprint density at radius 3 is 1.77 bits per heavy atom. The van der Waals surface area contributed by atoms with Crippen molar-refractivity contribution >= 4 is 5.91 Å². The first kappa shape index (κ1) is 54.1. The zero-order chi connectivity index (χ0) is 44.0. The van der Waals surface area contributed by atoms with Crippen LogP contribution < -0.4 is 5.32 Å². The third-order valence-electron chi connectivity index (χ3n) is 11.0. The Morgan fingerprint density at radius 2 is 1.15 bits per heavy atom. The number of unbranched alkanes of at least 4 members (excludes halogenated alkanes) is 14. The number of amides is 1. The van der Waals surface area contributed by atoms with E-state index in [1.54, 1.807) is 6.08 Å². The summed E-state index contributed by atoms with van der Waals surface area (Å²) in [7, 11) is 0. The van der Waals surface area contributed by atoms with E-state index in [2.05, 4.69) is 55.6 Å². The molecule has 0 aliphatic carbocycles. The molecule has 1 amide bonds. The first-order valence-corrected chi connectivity index (χ1v) is 22.9. The van der Waals surface area contributed by atoms with E-state index < -0.39 is 86.8 Å². The van der Waals surface area contributed by atoms with Gasteiger partial charge in [-0.3, -0.25) is 4.79 Å². The van der Waals surface area contributed by atoms with Gasteiger partial charge in [0.05, 0.1) is 32.0 Å². The minimum absolute atomic E-state index is 0.244. The molecular weight excluding hydrogens is 774 g/mol. The van der Waals surface area contributed by atoms with Crippen LogP contribution in [0.15, 0.2) is 48.6 Å². The van der Waals surface area contributed by atoms with Crippen LogP contribution in [0, 0.1) is 0 Å². The van der Waals surface area contributed by atoms with Gasteiger partial charge >= 0.3 is 0 Å². The van der Waals surface area contributed by atoms with Crippen LogP contribution in [0.2, 0.25) is 0 Å². The first-order valence-electron chi connectivity index (χ1n) is 22.9. The fraction of sp³-hybridized carbons (Fsp3) is 0.804. The maximum absolute atomic E-state index is 13.1. The molecule has 0 aromatic carbocycles. The maximum Gasteiger partial charge on any atom is 0.220 e. The normalized spacial score (nSPS) is 28.7. The third kappa shape index (κ3) is 21.4. The number of carbonyl (C=O) groups excluding carboxylic acids is 1. The van der Waals surface area contributed by atoms with E-state index >= 15 is 0 Å². The highest BCUT2D eigenvalue weighted by Crippen LogP contribution is 2.30. The van der Waals surface area contributed by atoms with Crippen molar-refractivity contribution in [2.24, 2.45) is 0 Å². The SMILES string of the molecule is CC/C=C\C/C=C\C/C=C\CCCCCC(=O)NC(COC1OC(CO)C(OC2OC(CO)C(O)C(O)C2O)C(O)C1O)C(O)/C=C/CCCCCCCCCCCCC. The summed E-state index contributed by atoms with van der Waals surface area (Å²) >= 11 is 0. The molecule has 0 saturated carbocycles. The van der Waals surface area contributed by atoms with Crippen LogP contribution in [0.4, 0.5) is 0 Å². The quantitative estimate of drug-likeness (QED) is 0.0327. The highest BCUT2D eigenvalue weighted by atomic mass is 16.7. The molecule has 0 aromatic rings. The zero-order valence-corrected chi connectivity index (χ0v) is 36.4. The minimum atomic E-state index is -1.79. The second kappa shape index (κ2) is 33.5. The second-order valence-electron chi connectivity index (χ2n) is 16.1. The van der Waals surface area contributed by atoms with Gasteiger partial charge in [0.25, 0.3) is 0 Å². The summed E-state index contributed by atoms with van der Waals surface area (Å²) in [6, 6.07) is -0.928. The Kier molecular flexibility index (Phi) is 30.2. The summed E-state index contributed by atoms with van der Waals surface area (Å²) < 4.78 is 22.6. The topological polar surface area (TPSA) is 228 Å². The van der Waals surface area contributed by atoms with Gasteiger partial charge in [0.1, 0.15) is 48.8 Å². The molecule has 14 heteroatoms. The van der Waals surface area contributed by atoms with Crippen molar-refractivity contribution in [3.8, 4) is 0 Å². The molecule has 2 aliphatic rings. The van der Waals surface area contributed by atoms with Crippen LogP contribution in [0.5, 0.6) is 0 Å². The molecule has 348 valence electrons. The molecule has 14 nitrogen and oxygen atoms in total. The molecule has 2 fully saturated rings. The van der Waals surface area contributed by atoms with Crippen molar-refractivity contribution in [3.05, 3.63) is 48.6 Å². The molecule has 2 rings (SSSR count). The van der Waals surface area contributed by atoms with Gasteiger partial charge in [-0.15, -0.1) is 0 Å². The molecule has 0 radical (unpaired) electrons. The van der Waals surface area contributed by atoms with E-state index in [1.807, 2.05) is 6.08 Å². The summed E-state index contributed by atoms with van der Waals surface area (Å²) in [4.78, 5) is 13.1. The molecule has 2 saturated heterocycles. The molecular formula is C46H81NO13. The van der Waals surface area contributed by atoms with Gasteiger partial charge < -0.3 is 65.1 Å². The number of rotatable bonds is 33. The number of nitrogens with one attached hydrogen (secondary N) is 1. The molecule has 12 atom stereocenters. The predicted molar refractivity (Wildman–Crippen MR) is 231 cm³/mol. The van der Waals surface area contributed by atoms with E-state index in [0.29, 0.717) is 6.42 Å². The smallest absolute Gasteiger partial charge is 0.220 e. The lowest BCUT2D eigenvalue weighted by molar-refractivity contribution is -0.359. The lowest BCUT2D eigenvalue weighted by atomic mass is 9.97. The number of allylic oxidation sites excluding steroid dienone is 7. The Hall–Kier alpha value is -2.05. The second-order valence-corrected chi connectivity index (χ2v) is 16.1. The predicted octanol–water partition coefficient (Wildman–Crippen LogP) is 4.54. The van der Waals surface area contributed by atoms with E-state index in [1.165, 1.54) is 57.8 Å². The lowest BCUT2D eigenvalue weighted by Crippen LogP contribution is -2.65. The molecule has 9 N–H and O–H groups in total. The Balaban J connectivity index is 1.92. The summed E-state index contributed by atoms with van der Waals surface area (Å²) in [6.45, 7) is 2.61. The van der Waals surface area contributed by atoms with Gasteiger partial charge in [0.15, 0.2) is 12.6 Å². The van der Waals surface area contributed by atoms with Gasteiger partial charge in [-0.1, -0.05) is 133 Å². The van der Waals surface area contributed by atoms with Crippen molar-refractivity contribution in [1.82, 2.24) is 5.32 Å². The van der Waals surface area contributed by atoms with Crippen LogP contribution >= 0.6 is 0 Å². The average Bonchev–Trinajstić information content (AvgIpc) is 3.24. The van der Waals surface area contributed by atoms with Crippen molar-refractivity contribution in [2.45, 2.75) is 216 Å². The molecule has 0 spiro atoms. The number of aliphatic hydroxyl groups excluding tert-OH is 8. The molecule has 60 heavy (non-hydrogen) atoms. The third-order valence-corrected chi connectivity index (χ3v) is 11.0. The summed E-state index contributed by atoms with van der Waals surface area (Å²) in [5.74, 6) is -0.273. The van der Waals surface area contributed by atoms with E-state index in [0.717, 1.165) is 57.8 Å². The Labute approximate surface area is 359 Å². The molecule has 0 bridgehead atoms. The number of carbonyl (C=O) groups is 1. The fourth-order valence-electron chi connectivity index (χ4n) is 7.24. The van der Waals surface area contributed by atoms with Crippen molar-refractivity contribution in [3.63, 3.8) is 0 Å². The van der Waals surface area contributed by atoms with E-state index in [4.69, 9.17) is 18.9 Å². The van der Waals surface area contributed by atoms with Crippen LogP contribution in [0.25, 0.3) is 0 Å². The Morgan fingerprint density at radius 1 is 0.617 bits per heavy atom. The van der Waals surface area contributed by atoms with Crippen molar-refractivity contribution in [2.75, 3.05) is 19.8 Å². The van der Waals surface area contributed by atoms with Crippen molar-refractivity contribution in [1.29, 1.82) is 0 Å². The summed E-state index contributed by atoms with van der Waals surface area (Å²) in [5.41, 5.74) is 0. The van der Waals surface area contributed by atoms with Gasteiger partial charge in [0, 0.05) is 6.42 Å². The molecule has 12 unspecified atom stereocenters. The van der Waals surface area contributed by atoms with Gasteiger partial charge in [-0.05, 0) is 51.4 Å². The lowest BCUT2D eigenvalue weighted by Gasteiger charge is -2.46. The van der Waals surface area contributed by atoms with E-state index in [9.17, 15) is 45.6 Å².